The van der Waals surface area contributed by atoms with Crippen molar-refractivity contribution in [2.45, 2.75) is 19.8 Å². The van der Waals surface area contributed by atoms with E-state index in [-0.39, 0.29) is 0 Å². The Kier molecular flexibility index (Phi) is 2.83. The Hall–Kier alpha value is -3.54. The lowest BCUT2D eigenvalue weighted by molar-refractivity contribution is 0.527. The molecule has 2 aromatic carbocycles. The van der Waals surface area contributed by atoms with E-state index in [2.05, 4.69) is 9.97 Å². The molecule has 0 N–H and O–H groups in total. The quantitative estimate of drug-likeness (QED) is 0.412. The van der Waals surface area contributed by atoms with Crippen LogP contribution >= 0.6 is 0 Å². The highest BCUT2D eigenvalue weighted by molar-refractivity contribution is 5.94. The number of fused-ring (bicyclic) bond motifs is 4. The van der Waals surface area contributed by atoms with E-state index in [0.717, 1.165) is 61.7 Å². The van der Waals surface area contributed by atoms with Crippen LogP contribution in [0.25, 0.3) is 44.1 Å². The van der Waals surface area contributed by atoms with Crippen molar-refractivity contribution in [3.63, 3.8) is 0 Å². The molecule has 0 aliphatic carbocycles. The molecule has 6 aromatic rings. The first-order valence-corrected chi connectivity index (χ1v) is 8.75. The number of furan rings is 2. The molecule has 0 aliphatic rings. The first-order valence-electron chi connectivity index (χ1n) is 8.75. The third-order valence-electron chi connectivity index (χ3n) is 5.04. The Morgan fingerprint density at radius 3 is 2.56 bits per heavy atom. The number of nitrogens with zero attached hydrogens (tertiary/aromatic N) is 2. The molecule has 4 aromatic heterocycles. The van der Waals surface area contributed by atoms with E-state index in [1.165, 1.54) is 6.39 Å². The Labute approximate surface area is 152 Å². The van der Waals surface area contributed by atoms with Crippen molar-refractivity contribution in [1.29, 1.82) is 0 Å². The minimum atomic E-state index is 0.679. The van der Waals surface area contributed by atoms with E-state index in [1.807, 2.05) is 31.2 Å². The van der Waals surface area contributed by atoms with E-state index in [0.29, 0.717) is 12.3 Å². The molecule has 0 atom stereocenters. The molecule has 0 bridgehead atoms. The Morgan fingerprint density at radius 1 is 0.778 bits per heavy atom. The third-order valence-corrected chi connectivity index (χ3v) is 5.04. The first-order chi connectivity index (χ1) is 13.2. The van der Waals surface area contributed by atoms with Gasteiger partial charge in [-0.15, -0.1) is 0 Å². The van der Waals surface area contributed by atoms with E-state index in [1.54, 1.807) is 12.5 Å². The largest absolute Gasteiger partial charge is 0.464 e. The molecule has 4 heterocycles. The summed E-state index contributed by atoms with van der Waals surface area (Å²) in [7, 11) is 0. The summed E-state index contributed by atoms with van der Waals surface area (Å²) in [6, 6.07) is 7.79. The summed E-state index contributed by atoms with van der Waals surface area (Å²) in [4.78, 5) is 8.77. The fourth-order valence-corrected chi connectivity index (χ4v) is 3.60. The Bertz CT molecular complexity index is 1450. The van der Waals surface area contributed by atoms with Crippen molar-refractivity contribution in [2.24, 2.45) is 0 Å². The van der Waals surface area contributed by atoms with Gasteiger partial charge in [-0.05, 0) is 36.6 Å². The minimum Gasteiger partial charge on any atom is -0.464 e. The summed E-state index contributed by atoms with van der Waals surface area (Å²) in [5.41, 5.74) is 6.96. The number of benzene rings is 2. The lowest BCUT2D eigenvalue weighted by atomic mass is 10.1. The van der Waals surface area contributed by atoms with Crippen LogP contribution in [-0.2, 0) is 12.8 Å². The molecule has 0 aliphatic heterocycles. The van der Waals surface area contributed by atoms with Crippen LogP contribution in [0.5, 0.6) is 0 Å². The minimum absolute atomic E-state index is 0.679. The summed E-state index contributed by atoms with van der Waals surface area (Å²) in [6.07, 6.45) is 6.41. The van der Waals surface area contributed by atoms with Crippen molar-refractivity contribution in [3.05, 3.63) is 60.2 Å². The second kappa shape index (κ2) is 5.23. The highest BCUT2D eigenvalue weighted by Crippen LogP contribution is 2.29. The third kappa shape index (κ3) is 2.19. The van der Waals surface area contributed by atoms with Crippen LogP contribution in [0, 0.1) is 6.92 Å². The summed E-state index contributed by atoms with van der Waals surface area (Å²) in [5, 5.41) is 2.09. The van der Waals surface area contributed by atoms with Gasteiger partial charge in [0.2, 0.25) is 0 Å². The zero-order chi connectivity index (χ0) is 18.0. The van der Waals surface area contributed by atoms with Gasteiger partial charge in [-0.25, -0.2) is 9.97 Å². The van der Waals surface area contributed by atoms with Crippen LogP contribution in [-0.4, -0.2) is 9.97 Å². The summed E-state index contributed by atoms with van der Waals surface area (Å²) in [5.74, 6) is 0.699. The van der Waals surface area contributed by atoms with E-state index in [9.17, 15) is 0 Å². The summed E-state index contributed by atoms with van der Waals surface area (Å²) in [6.45, 7) is 2.02. The maximum atomic E-state index is 5.96. The number of hydrogen-bond acceptors (Lipinski definition) is 6. The van der Waals surface area contributed by atoms with Crippen LogP contribution < -0.4 is 0 Å². The van der Waals surface area contributed by atoms with Gasteiger partial charge in [0.05, 0.1) is 12.5 Å². The zero-order valence-electron chi connectivity index (χ0n) is 14.5. The van der Waals surface area contributed by atoms with Gasteiger partial charge in [0, 0.05) is 29.3 Å². The normalized spacial score (nSPS) is 12.2. The molecule has 6 heteroatoms. The summed E-state index contributed by atoms with van der Waals surface area (Å²) >= 11 is 0. The lowest BCUT2D eigenvalue weighted by Crippen LogP contribution is -1.90. The van der Waals surface area contributed by atoms with Crippen LogP contribution in [0.2, 0.25) is 0 Å². The fourth-order valence-electron chi connectivity index (χ4n) is 3.60. The lowest BCUT2D eigenvalue weighted by Gasteiger charge is -1.95. The SMILES string of the molecule is Cc1coc2cc3nc(CCc4coc5cc6ncoc6cc45)oc3cc12. The van der Waals surface area contributed by atoms with Crippen LogP contribution in [0.3, 0.4) is 0 Å². The fraction of sp³-hybridized carbons (Fsp3) is 0.143. The van der Waals surface area contributed by atoms with Crippen molar-refractivity contribution >= 4 is 44.1 Å². The molecule has 0 radical (unpaired) electrons. The van der Waals surface area contributed by atoms with Gasteiger partial charge in [0.25, 0.3) is 0 Å². The number of oxazole rings is 2. The molecule has 0 fully saturated rings. The molecular formula is C21H14N2O4. The van der Waals surface area contributed by atoms with Crippen molar-refractivity contribution in [1.82, 2.24) is 9.97 Å². The average molecular weight is 358 g/mol. The molecule has 0 saturated carbocycles. The summed E-state index contributed by atoms with van der Waals surface area (Å²) < 4.78 is 22.6. The molecule has 6 rings (SSSR count). The van der Waals surface area contributed by atoms with Gasteiger partial charge in [-0.2, -0.15) is 0 Å². The van der Waals surface area contributed by atoms with Gasteiger partial charge < -0.3 is 17.7 Å². The monoisotopic (exact) mass is 358 g/mol. The molecule has 0 unspecified atom stereocenters. The Morgan fingerprint density at radius 2 is 1.59 bits per heavy atom. The van der Waals surface area contributed by atoms with Gasteiger partial charge in [-0.1, -0.05) is 0 Å². The van der Waals surface area contributed by atoms with Crippen LogP contribution in [0.15, 0.2) is 60.9 Å². The van der Waals surface area contributed by atoms with Crippen molar-refractivity contribution < 1.29 is 17.7 Å². The van der Waals surface area contributed by atoms with Gasteiger partial charge in [0.1, 0.15) is 22.2 Å². The average Bonchev–Trinajstić information content (AvgIpc) is 3.43. The number of aryl methyl sites for hydroxylation is 3. The Balaban J connectivity index is 1.34. The highest BCUT2D eigenvalue weighted by atomic mass is 16.4. The van der Waals surface area contributed by atoms with Crippen LogP contribution in [0.4, 0.5) is 0 Å². The van der Waals surface area contributed by atoms with Gasteiger partial charge in [0.15, 0.2) is 23.5 Å². The number of rotatable bonds is 3. The van der Waals surface area contributed by atoms with Crippen molar-refractivity contribution in [3.8, 4) is 0 Å². The standard InChI is InChI=1S/C21H14N2O4/c1-11-8-24-17-7-16-20(4-13(11)17)27-21(23-16)3-2-12-9-25-18-6-15-19(5-14(12)18)26-10-22-15/h4-10H,2-3H2,1H3. The molecule has 6 nitrogen and oxygen atoms in total. The molecule has 132 valence electrons. The topological polar surface area (TPSA) is 78.3 Å². The number of aromatic nitrogens is 2. The highest BCUT2D eigenvalue weighted by Gasteiger charge is 2.13. The first kappa shape index (κ1) is 14.6. The second-order valence-electron chi connectivity index (χ2n) is 6.77. The van der Waals surface area contributed by atoms with E-state index >= 15 is 0 Å². The number of hydrogen-bond donors (Lipinski definition) is 0. The van der Waals surface area contributed by atoms with Crippen molar-refractivity contribution in [2.75, 3.05) is 0 Å². The van der Waals surface area contributed by atoms with E-state index in [4.69, 9.17) is 17.7 Å². The predicted molar refractivity (Wildman–Crippen MR) is 99.7 cm³/mol. The zero-order valence-corrected chi connectivity index (χ0v) is 14.5. The molecular weight excluding hydrogens is 344 g/mol. The molecule has 0 spiro atoms. The van der Waals surface area contributed by atoms with E-state index < -0.39 is 0 Å². The predicted octanol–water partition coefficient (Wildman–Crippen LogP) is 5.56. The molecule has 0 amide bonds. The maximum absolute atomic E-state index is 5.96. The van der Waals surface area contributed by atoms with Gasteiger partial charge in [-0.3, -0.25) is 0 Å². The molecule has 0 saturated heterocycles. The maximum Gasteiger partial charge on any atom is 0.195 e. The second-order valence-corrected chi connectivity index (χ2v) is 6.77. The van der Waals surface area contributed by atoms with Gasteiger partial charge >= 0.3 is 0 Å². The molecule has 27 heavy (non-hydrogen) atoms. The smallest absolute Gasteiger partial charge is 0.195 e. The van der Waals surface area contributed by atoms with Crippen LogP contribution in [0.1, 0.15) is 17.0 Å².